The number of aryl methyl sites for hydroxylation is 2. The zero-order valence-electron chi connectivity index (χ0n) is 9.25. The van der Waals surface area contributed by atoms with Crippen molar-refractivity contribution in [2.45, 2.75) is 20.4 Å². The highest BCUT2D eigenvalue weighted by atomic mass is 35.5. The number of halogens is 1. The van der Waals surface area contributed by atoms with Gasteiger partial charge in [0.1, 0.15) is 5.15 Å². The van der Waals surface area contributed by atoms with Crippen molar-refractivity contribution in [3.05, 3.63) is 44.9 Å². The first-order valence-electron chi connectivity index (χ1n) is 5.06. The highest BCUT2D eigenvalue weighted by molar-refractivity contribution is 7.12. The molecule has 0 bridgehead atoms. The molecule has 0 aliphatic rings. The van der Waals surface area contributed by atoms with E-state index < -0.39 is 0 Å². The van der Waals surface area contributed by atoms with Gasteiger partial charge in [0.05, 0.1) is 11.9 Å². The molecule has 0 aromatic carbocycles. The Balaban J connectivity index is 2.02. The second-order valence-electron chi connectivity index (χ2n) is 3.66. The van der Waals surface area contributed by atoms with E-state index in [1.54, 1.807) is 12.3 Å². The fourth-order valence-corrected chi connectivity index (χ4v) is 2.59. The molecule has 2 nitrogen and oxygen atoms in total. The number of rotatable bonds is 3. The Kier molecular flexibility index (Phi) is 3.46. The molecule has 0 amide bonds. The molecule has 84 valence electrons. The predicted molar refractivity (Wildman–Crippen MR) is 70.4 cm³/mol. The van der Waals surface area contributed by atoms with Gasteiger partial charge in [-0.05, 0) is 37.6 Å². The molecule has 16 heavy (non-hydrogen) atoms. The van der Waals surface area contributed by atoms with Crippen LogP contribution in [0.2, 0.25) is 5.15 Å². The van der Waals surface area contributed by atoms with E-state index in [1.807, 2.05) is 17.4 Å². The summed E-state index contributed by atoms with van der Waals surface area (Å²) in [5.41, 5.74) is 2.34. The minimum absolute atomic E-state index is 0.521. The average Bonchev–Trinajstić information content (AvgIpc) is 2.57. The van der Waals surface area contributed by atoms with Gasteiger partial charge in [-0.1, -0.05) is 11.6 Å². The zero-order valence-corrected chi connectivity index (χ0v) is 10.8. The minimum atomic E-state index is 0.521. The molecule has 0 fully saturated rings. The number of nitrogens with zero attached hydrogens (tertiary/aromatic N) is 1. The predicted octanol–water partition coefficient (Wildman–Crippen LogP) is 4.03. The van der Waals surface area contributed by atoms with Gasteiger partial charge in [0.2, 0.25) is 0 Å². The standard InChI is InChI=1S/C12H13ClN2S/c1-8-5-10(9(2)16-8)6-14-11-3-4-12(13)15-7-11/h3-5,7,14H,6H2,1-2H3. The molecule has 0 radical (unpaired) electrons. The molecule has 2 rings (SSSR count). The summed E-state index contributed by atoms with van der Waals surface area (Å²) in [5.74, 6) is 0. The summed E-state index contributed by atoms with van der Waals surface area (Å²) in [6.07, 6.45) is 1.75. The van der Waals surface area contributed by atoms with Gasteiger partial charge in [0.25, 0.3) is 0 Å². The Bertz CT molecular complexity index is 476. The molecule has 4 heteroatoms. The number of anilines is 1. The highest BCUT2D eigenvalue weighted by Gasteiger charge is 2.02. The van der Waals surface area contributed by atoms with E-state index in [-0.39, 0.29) is 0 Å². The van der Waals surface area contributed by atoms with Crippen LogP contribution in [-0.4, -0.2) is 4.98 Å². The Morgan fingerprint density at radius 1 is 1.38 bits per heavy atom. The normalized spacial score (nSPS) is 10.4. The van der Waals surface area contributed by atoms with Gasteiger partial charge in [-0.15, -0.1) is 11.3 Å². The van der Waals surface area contributed by atoms with Crippen LogP contribution in [0.25, 0.3) is 0 Å². The van der Waals surface area contributed by atoms with Crippen LogP contribution in [0.1, 0.15) is 15.3 Å². The van der Waals surface area contributed by atoms with Crippen molar-refractivity contribution in [2.75, 3.05) is 5.32 Å². The molecule has 0 unspecified atom stereocenters. The second-order valence-corrected chi connectivity index (χ2v) is 5.51. The van der Waals surface area contributed by atoms with Gasteiger partial charge in [0, 0.05) is 16.3 Å². The van der Waals surface area contributed by atoms with Crippen molar-refractivity contribution in [1.82, 2.24) is 4.98 Å². The first-order chi connectivity index (χ1) is 7.65. The van der Waals surface area contributed by atoms with Gasteiger partial charge in [-0.3, -0.25) is 0 Å². The van der Waals surface area contributed by atoms with Crippen LogP contribution in [0.5, 0.6) is 0 Å². The van der Waals surface area contributed by atoms with Gasteiger partial charge in [0.15, 0.2) is 0 Å². The molecular weight excluding hydrogens is 240 g/mol. The van der Waals surface area contributed by atoms with Crippen LogP contribution < -0.4 is 5.32 Å². The third-order valence-corrected chi connectivity index (χ3v) is 3.59. The first kappa shape index (κ1) is 11.4. The largest absolute Gasteiger partial charge is 0.380 e. The Morgan fingerprint density at radius 2 is 2.19 bits per heavy atom. The van der Waals surface area contributed by atoms with Gasteiger partial charge in [-0.25, -0.2) is 4.98 Å². The van der Waals surface area contributed by atoms with E-state index in [0.717, 1.165) is 12.2 Å². The number of hydrogen-bond donors (Lipinski definition) is 1. The summed E-state index contributed by atoms with van der Waals surface area (Å²) in [5, 5.41) is 3.85. The van der Waals surface area contributed by atoms with E-state index >= 15 is 0 Å². The number of aromatic nitrogens is 1. The Labute approximate surface area is 104 Å². The summed E-state index contributed by atoms with van der Waals surface area (Å²) >= 11 is 7.55. The zero-order chi connectivity index (χ0) is 11.5. The maximum absolute atomic E-state index is 5.72. The molecule has 0 aliphatic heterocycles. The molecule has 0 saturated carbocycles. The molecule has 2 aromatic heterocycles. The third-order valence-electron chi connectivity index (χ3n) is 2.35. The average molecular weight is 253 g/mol. The van der Waals surface area contributed by atoms with E-state index in [1.165, 1.54) is 15.3 Å². The quantitative estimate of drug-likeness (QED) is 0.835. The van der Waals surface area contributed by atoms with Crippen molar-refractivity contribution in [3.63, 3.8) is 0 Å². The molecule has 0 aliphatic carbocycles. The molecular formula is C12H13ClN2S. The Morgan fingerprint density at radius 3 is 2.75 bits per heavy atom. The molecule has 0 spiro atoms. The van der Waals surface area contributed by atoms with Crippen molar-refractivity contribution in [1.29, 1.82) is 0 Å². The smallest absolute Gasteiger partial charge is 0.129 e. The fraction of sp³-hybridized carbons (Fsp3) is 0.250. The van der Waals surface area contributed by atoms with E-state index in [9.17, 15) is 0 Å². The molecule has 0 atom stereocenters. The maximum atomic E-state index is 5.72. The second kappa shape index (κ2) is 4.85. The summed E-state index contributed by atoms with van der Waals surface area (Å²) in [6.45, 7) is 5.11. The lowest BCUT2D eigenvalue weighted by Gasteiger charge is -2.05. The van der Waals surface area contributed by atoms with Crippen LogP contribution in [0.3, 0.4) is 0 Å². The topological polar surface area (TPSA) is 24.9 Å². The highest BCUT2D eigenvalue weighted by Crippen LogP contribution is 2.21. The summed E-state index contributed by atoms with van der Waals surface area (Å²) in [6, 6.07) is 5.94. The summed E-state index contributed by atoms with van der Waals surface area (Å²) in [7, 11) is 0. The van der Waals surface area contributed by atoms with Crippen LogP contribution in [0.4, 0.5) is 5.69 Å². The van der Waals surface area contributed by atoms with E-state index in [4.69, 9.17) is 11.6 Å². The number of nitrogens with one attached hydrogen (secondary N) is 1. The van der Waals surface area contributed by atoms with Crippen LogP contribution in [-0.2, 0) is 6.54 Å². The van der Waals surface area contributed by atoms with Crippen LogP contribution in [0, 0.1) is 13.8 Å². The SMILES string of the molecule is Cc1cc(CNc2ccc(Cl)nc2)c(C)s1. The number of pyridine rings is 1. The monoisotopic (exact) mass is 252 g/mol. The van der Waals surface area contributed by atoms with Crippen molar-refractivity contribution in [3.8, 4) is 0 Å². The molecule has 1 N–H and O–H groups in total. The first-order valence-corrected chi connectivity index (χ1v) is 6.26. The lowest BCUT2D eigenvalue weighted by Crippen LogP contribution is -1.99. The van der Waals surface area contributed by atoms with E-state index in [0.29, 0.717) is 5.15 Å². The lowest BCUT2D eigenvalue weighted by atomic mass is 10.2. The van der Waals surface area contributed by atoms with Crippen molar-refractivity contribution in [2.24, 2.45) is 0 Å². The molecule has 0 saturated heterocycles. The van der Waals surface area contributed by atoms with E-state index in [2.05, 4.69) is 30.2 Å². The maximum Gasteiger partial charge on any atom is 0.129 e. The van der Waals surface area contributed by atoms with Crippen LogP contribution >= 0.6 is 22.9 Å². The summed E-state index contributed by atoms with van der Waals surface area (Å²) in [4.78, 5) is 6.74. The fourth-order valence-electron chi connectivity index (χ4n) is 1.54. The number of hydrogen-bond acceptors (Lipinski definition) is 3. The van der Waals surface area contributed by atoms with Crippen molar-refractivity contribution < 1.29 is 0 Å². The molecule has 2 heterocycles. The number of thiophene rings is 1. The van der Waals surface area contributed by atoms with Crippen LogP contribution in [0.15, 0.2) is 24.4 Å². The van der Waals surface area contributed by atoms with Gasteiger partial charge < -0.3 is 5.32 Å². The van der Waals surface area contributed by atoms with Crippen molar-refractivity contribution >= 4 is 28.6 Å². The summed E-state index contributed by atoms with van der Waals surface area (Å²) < 4.78 is 0. The lowest BCUT2D eigenvalue weighted by molar-refractivity contribution is 1.13. The molecule has 2 aromatic rings. The third kappa shape index (κ3) is 2.74. The van der Waals surface area contributed by atoms with Gasteiger partial charge >= 0.3 is 0 Å². The Hall–Kier alpha value is -1.06. The van der Waals surface area contributed by atoms with Gasteiger partial charge in [-0.2, -0.15) is 0 Å². The minimum Gasteiger partial charge on any atom is -0.380 e.